The molecule has 0 spiro atoms. The summed E-state index contributed by atoms with van der Waals surface area (Å²) >= 11 is 0. The summed E-state index contributed by atoms with van der Waals surface area (Å²) in [6.07, 6.45) is 5.43. The Bertz CT molecular complexity index is 373. The molecule has 5 heteroatoms. The first-order chi connectivity index (χ1) is 8.52. The molecule has 102 valence electrons. The van der Waals surface area contributed by atoms with Crippen molar-refractivity contribution in [3.8, 4) is 0 Å². The van der Waals surface area contributed by atoms with E-state index < -0.39 is 0 Å². The molecule has 0 fully saturated rings. The highest BCUT2D eigenvalue weighted by molar-refractivity contribution is 5.78. The molecule has 1 unspecified atom stereocenters. The number of amides is 1. The zero-order valence-corrected chi connectivity index (χ0v) is 11.5. The fraction of sp³-hybridized carbons (Fsp3) is 0.692. The van der Waals surface area contributed by atoms with Crippen molar-refractivity contribution < 1.29 is 4.79 Å². The fourth-order valence-corrected chi connectivity index (χ4v) is 1.95. The Hall–Kier alpha value is -1.36. The highest BCUT2D eigenvalue weighted by Gasteiger charge is 2.17. The monoisotopic (exact) mass is 252 g/mol. The minimum atomic E-state index is -0.0705. The minimum Gasteiger partial charge on any atom is -0.355 e. The number of rotatable bonds is 7. The van der Waals surface area contributed by atoms with Gasteiger partial charge in [-0.3, -0.25) is 9.48 Å². The van der Waals surface area contributed by atoms with Crippen LogP contribution in [0.4, 0.5) is 0 Å². The van der Waals surface area contributed by atoms with E-state index in [0.717, 1.165) is 18.4 Å². The average Bonchev–Trinajstić information content (AvgIpc) is 2.71. The van der Waals surface area contributed by atoms with E-state index in [1.54, 1.807) is 4.68 Å². The SMILES string of the molecule is CC(C)CC(CN)C(=O)NCCc1cnn(C)c1. The van der Waals surface area contributed by atoms with Gasteiger partial charge in [0.15, 0.2) is 0 Å². The summed E-state index contributed by atoms with van der Waals surface area (Å²) in [5.41, 5.74) is 6.76. The number of hydrogen-bond donors (Lipinski definition) is 2. The topological polar surface area (TPSA) is 72.9 Å². The van der Waals surface area contributed by atoms with Crippen LogP contribution in [0, 0.1) is 11.8 Å². The Morgan fingerprint density at radius 1 is 1.56 bits per heavy atom. The molecular weight excluding hydrogens is 228 g/mol. The van der Waals surface area contributed by atoms with Gasteiger partial charge in [0, 0.05) is 26.3 Å². The third kappa shape index (κ3) is 4.87. The Morgan fingerprint density at radius 2 is 2.28 bits per heavy atom. The molecule has 0 aliphatic heterocycles. The van der Waals surface area contributed by atoms with Crippen LogP contribution in [-0.4, -0.2) is 28.8 Å². The summed E-state index contributed by atoms with van der Waals surface area (Å²) in [7, 11) is 1.88. The third-order valence-electron chi connectivity index (χ3n) is 2.88. The third-order valence-corrected chi connectivity index (χ3v) is 2.88. The average molecular weight is 252 g/mol. The molecule has 18 heavy (non-hydrogen) atoms. The molecule has 1 aromatic heterocycles. The van der Waals surface area contributed by atoms with Gasteiger partial charge in [0.25, 0.3) is 0 Å². The molecule has 0 aromatic carbocycles. The van der Waals surface area contributed by atoms with Crippen LogP contribution in [-0.2, 0) is 18.3 Å². The molecule has 5 nitrogen and oxygen atoms in total. The van der Waals surface area contributed by atoms with Crippen molar-refractivity contribution in [1.29, 1.82) is 0 Å². The first-order valence-electron chi connectivity index (χ1n) is 6.48. The summed E-state index contributed by atoms with van der Waals surface area (Å²) in [5.74, 6) is 0.483. The van der Waals surface area contributed by atoms with Crippen molar-refractivity contribution in [2.45, 2.75) is 26.7 Å². The lowest BCUT2D eigenvalue weighted by molar-refractivity contribution is -0.125. The molecule has 0 radical (unpaired) electrons. The standard InChI is InChI=1S/C13H24N4O/c1-10(2)6-12(7-14)13(18)15-5-4-11-8-16-17(3)9-11/h8-10,12H,4-7,14H2,1-3H3,(H,15,18). The van der Waals surface area contributed by atoms with E-state index in [1.807, 2.05) is 19.4 Å². The maximum absolute atomic E-state index is 11.9. The summed E-state index contributed by atoms with van der Waals surface area (Å²) in [5, 5.41) is 7.03. The molecule has 1 amide bonds. The molecule has 0 saturated carbocycles. The number of nitrogens with one attached hydrogen (secondary N) is 1. The molecule has 0 aliphatic carbocycles. The zero-order valence-electron chi connectivity index (χ0n) is 11.5. The molecule has 1 rings (SSSR count). The second-order valence-corrected chi connectivity index (χ2v) is 5.13. The van der Waals surface area contributed by atoms with Gasteiger partial charge in [-0.2, -0.15) is 5.10 Å². The van der Waals surface area contributed by atoms with Gasteiger partial charge in [-0.05, 0) is 24.3 Å². The van der Waals surface area contributed by atoms with Crippen LogP contribution in [0.1, 0.15) is 25.8 Å². The van der Waals surface area contributed by atoms with Gasteiger partial charge in [-0.25, -0.2) is 0 Å². The predicted octanol–water partition coefficient (Wildman–Crippen LogP) is 0.700. The van der Waals surface area contributed by atoms with E-state index in [4.69, 9.17) is 5.73 Å². The lowest BCUT2D eigenvalue weighted by Gasteiger charge is -2.16. The van der Waals surface area contributed by atoms with Gasteiger partial charge in [-0.1, -0.05) is 13.8 Å². The molecular formula is C13H24N4O. The van der Waals surface area contributed by atoms with Crippen LogP contribution < -0.4 is 11.1 Å². The van der Waals surface area contributed by atoms with Crippen LogP contribution >= 0.6 is 0 Å². The Balaban J connectivity index is 2.31. The van der Waals surface area contributed by atoms with Crippen LogP contribution in [0.25, 0.3) is 0 Å². The zero-order chi connectivity index (χ0) is 13.5. The van der Waals surface area contributed by atoms with Crippen LogP contribution in [0.5, 0.6) is 0 Å². The summed E-state index contributed by atoms with van der Waals surface area (Å²) in [6, 6.07) is 0. The second-order valence-electron chi connectivity index (χ2n) is 5.13. The van der Waals surface area contributed by atoms with Gasteiger partial charge in [0.2, 0.25) is 5.91 Å². The van der Waals surface area contributed by atoms with Crippen molar-refractivity contribution in [3.63, 3.8) is 0 Å². The highest BCUT2D eigenvalue weighted by atomic mass is 16.1. The molecule has 1 aromatic rings. The predicted molar refractivity (Wildman–Crippen MR) is 71.9 cm³/mol. The number of carbonyl (C=O) groups is 1. The van der Waals surface area contributed by atoms with Gasteiger partial charge < -0.3 is 11.1 Å². The molecule has 1 heterocycles. The van der Waals surface area contributed by atoms with Crippen LogP contribution in [0.15, 0.2) is 12.4 Å². The lowest BCUT2D eigenvalue weighted by Crippen LogP contribution is -2.36. The maximum Gasteiger partial charge on any atom is 0.224 e. The Morgan fingerprint density at radius 3 is 2.78 bits per heavy atom. The van der Waals surface area contributed by atoms with Gasteiger partial charge in [0.1, 0.15) is 0 Å². The minimum absolute atomic E-state index is 0.0649. The number of hydrogen-bond acceptors (Lipinski definition) is 3. The Kier molecular flexibility index (Phi) is 5.85. The van der Waals surface area contributed by atoms with Crippen molar-refractivity contribution in [1.82, 2.24) is 15.1 Å². The van der Waals surface area contributed by atoms with Gasteiger partial charge >= 0.3 is 0 Å². The van der Waals surface area contributed by atoms with E-state index in [-0.39, 0.29) is 11.8 Å². The van der Waals surface area contributed by atoms with E-state index in [9.17, 15) is 4.79 Å². The maximum atomic E-state index is 11.9. The quantitative estimate of drug-likeness (QED) is 0.750. The molecule has 0 bridgehead atoms. The molecule has 3 N–H and O–H groups in total. The number of nitrogens with zero attached hydrogens (tertiary/aromatic N) is 2. The summed E-state index contributed by atoms with van der Waals surface area (Å²) < 4.78 is 1.76. The molecule has 1 atom stereocenters. The first-order valence-corrected chi connectivity index (χ1v) is 6.48. The fourth-order valence-electron chi connectivity index (χ4n) is 1.95. The van der Waals surface area contributed by atoms with Crippen molar-refractivity contribution in [2.24, 2.45) is 24.6 Å². The Labute approximate surface area is 109 Å². The highest BCUT2D eigenvalue weighted by Crippen LogP contribution is 2.10. The van der Waals surface area contributed by atoms with Crippen LogP contribution in [0.2, 0.25) is 0 Å². The lowest BCUT2D eigenvalue weighted by atomic mass is 9.96. The van der Waals surface area contributed by atoms with Crippen LogP contribution in [0.3, 0.4) is 0 Å². The smallest absolute Gasteiger partial charge is 0.224 e. The van der Waals surface area contributed by atoms with Crippen molar-refractivity contribution >= 4 is 5.91 Å². The van der Waals surface area contributed by atoms with Gasteiger partial charge in [0.05, 0.1) is 12.1 Å². The molecule has 0 saturated heterocycles. The first kappa shape index (κ1) is 14.7. The number of aromatic nitrogens is 2. The van der Waals surface area contributed by atoms with Crippen molar-refractivity contribution in [2.75, 3.05) is 13.1 Å². The van der Waals surface area contributed by atoms with E-state index >= 15 is 0 Å². The number of aryl methyl sites for hydroxylation is 1. The van der Waals surface area contributed by atoms with E-state index in [2.05, 4.69) is 24.3 Å². The number of nitrogens with two attached hydrogens (primary N) is 1. The normalized spacial score (nSPS) is 12.7. The summed E-state index contributed by atoms with van der Waals surface area (Å²) in [4.78, 5) is 11.9. The van der Waals surface area contributed by atoms with Gasteiger partial charge in [-0.15, -0.1) is 0 Å². The van der Waals surface area contributed by atoms with Crippen molar-refractivity contribution in [3.05, 3.63) is 18.0 Å². The molecule has 0 aliphatic rings. The number of carbonyl (C=O) groups excluding carboxylic acids is 1. The van der Waals surface area contributed by atoms with E-state index in [1.165, 1.54) is 0 Å². The summed E-state index contributed by atoms with van der Waals surface area (Å²) in [6.45, 7) is 5.26. The largest absolute Gasteiger partial charge is 0.355 e. The van der Waals surface area contributed by atoms with E-state index in [0.29, 0.717) is 19.0 Å². The second kappa shape index (κ2) is 7.16.